The summed E-state index contributed by atoms with van der Waals surface area (Å²) in [5.74, 6) is -0.386. The number of alkyl halides is 3. The van der Waals surface area contributed by atoms with Gasteiger partial charge in [-0.3, -0.25) is 9.80 Å². The number of amides is 2. The van der Waals surface area contributed by atoms with Crippen LogP contribution in [0.3, 0.4) is 0 Å². The predicted octanol–water partition coefficient (Wildman–Crippen LogP) is 7.49. The van der Waals surface area contributed by atoms with Crippen molar-refractivity contribution in [2.45, 2.75) is 24.9 Å². The molecule has 1 aliphatic heterocycles. The molecule has 3 aromatic carbocycles. The number of nitrogens with zero attached hydrogens (tertiary/aromatic N) is 2. The Morgan fingerprint density at radius 1 is 0.943 bits per heavy atom. The number of methoxy groups -OCH3 is 1. The minimum atomic E-state index is -4.86. The maximum atomic E-state index is 14.0. The molecule has 0 radical (unpaired) electrons. The highest BCUT2D eigenvalue weighted by molar-refractivity contribution is 6.31. The molecule has 1 aliphatic rings. The first-order chi connectivity index (χ1) is 16.5. The first-order valence-electron chi connectivity index (χ1n) is 10.5. The maximum Gasteiger partial charge on any atom is 0.573 e. The van der Waals surface area contributed by atoms with Crippen molar-refractivity contribution in [2.24, 2.45) is 0 Å². The number of benzene rings is 3. The molecular formula is C25H21Cl2F3N2O3. The fraction of sp³-hybridized carbons (Fsp3) is 0.240. The summed E-state index contributed by atoms with van der Waals surface area (Å²) in [6, 6.07) is 17.9. The van der Waals surface area contributed by atoms with Gasteiger partial charge in [0.05, 0.1) is 18.2 Å². The second kappa shape index (κ2) is 9.60. The topological polar surface area (TPSA) is 42.0 Å². The second-order valence-electron chi connectivity index (χ2n) is 8.25. The number of ether oxygens (including phenoxy) is 2. The number of carbonyl (C=O) groups excluding carboxylic acids is 1. The fourth-order valence-electron chi connectivity index (χ4n) is 4.52. The zero-order chi connectivity index (χ0) is 25.4. The molecule has 4 rings (SSSR count). The summed E-state index contributed by atoms with van der Waals surface area (Å²) >= 11 is 12.1. The SMILES string of the molecule is COC[C@]1(C)[C@H](c2cccc(OC(F)(F)F)c2)N(c2ccc(Cl)cc2)C(=O)N1c1ccc(Cl)cc1. The average Bonchev–Trinajstić information content (AvgIpc) is 3.01. The van der Waals surface area contributed by atoms with Gasteiger partial charge in [-0.15, -0.1) is 13.2 Å². The van der Waals surface area contributed by atoms with E-state index in [1.807, 2.05) is 6.92 Å². The van der Waals surface area contributed by atoms with Crippen LogP contribution in [0.15, 0.2) is 72.8 Å². The van der Waals surface area contributed by atoms with Gasteiger partial charge in [0.15, 0.2) is 0 Å². The van der Waals surface area contributed by atoms with Crippen molar-refractivity contribution >= 4 is 40.6 Å². The minimum absolute atomic E-state index is 0.0838. The third kappa shape index (κ3) is 5.05. The van der Waals surface area contributed by atoms with Crippen molar-refractivity contribution in [3.63, 3.8) is 0 Å². The molecule has 0 spiro atoms. The van der Waals surface area contributed by atoms with Crippen LogP contribution in [-0.4, -0.2) is 31.6 Å². The Hall–Kier alpha value is -2.94. The van der Waals surface area contributed by atoms with E-state index in [2.05, 4.69) is 4.74 Å². The maximum absolute atomic E-state index is 14.0. The van der Waals surface area contributed by atoms with E-state index in [9.17, 15) is 18.0 Å². The van der Waals surface area contributed by atoms with E-state index < -0.39 is 17.9 Å². The lowest BCUT2D eigenvalue weighted by Gasteiger charge is -2.38. The van der Waals surface area contributed by atoms with Gasteiger partial charge >= 0.3 is 12.4 Å². The summed E-state index contributed by atoms with van der Waals surface area (Å²) in [5.41, 5.74) is 0.482. The third-order valence-corrected chi connectivity index (χ3v) is 6.29. The second-order valence-corrected chi connectivity index (χ2v) is 9.13. The van der Waals surface area contributed by atoms with E-state index in [-0.39, 0.29) is 18.4 Å². The van der Waals surface area contributed by atoms with E-state index in [1.54, 1.807) is 59.5 Å². The van der Waals surface area contributed by atoms with Crippen molar-refractivity contribution in [2.75, 3.05) is 23.5 Å². The highest BCUT2D eigenvalue weighted by Gasteiger charge is 2.56. The Bertz CT molecular complexity index is 1210. The number of halogens is 5. The molecule has 2 atom stereocenters. The van der Waals surface area contributed by atoms with Crippen LogP contribution in [0.1, 0.15) is 18.5 Å². The Morgan fingerprint density at radius 2 is 1.51 bits per heavy atom. The van der Waals surface area contributed by atoms with Gasteiger partial charge in [-0.25, -0.2) is 4.79 Å². The van der Waals surface area contributed by atoms with Crippen LogP contribution in [0, 0.1) is 0 Å². The molecule has 10 heteroatoms. The van der Waals surface area contributed by atoms with Crippen molar-refractivity contribution in [3.8, 4) is 5.75 Å². The Balaban J connectivity index is 1.91. The van der Waals surface area contributed by atoms with Crippen LogP contribution in [0.2, 0.25) is 10.0 Å². The molecule has 0 aliphatic carbocycles. The lowest BCUT2D eigenvalue weighted by Crippen LogP contribution is -2.49. The summed E-state index contributed by atoms with van der Waals surface area (Å²) in [5, 5.41) is 0.976. The van der Waals surface area contributed by atoms with Crippen molar-refractivity contribution in [1.82, 2.24) is 0 Å². The van der Waals surface area contributed by atoms with Gasteiger partial charge in [0.1, 0.15) is 5.75 Å². The van der Waals surface area contributed by atoms with E-state index in [0.717, 1.165) is 0 Å². The van der Waals surface area contributed by atoms with Crippen LogP contribution < -0.4 is 14.5 Å². The number of hydrogen-bond acceptors (Lipinski definition) is 3. The molecule has 0 unspecified atom stereocenters. The van der Waals surface area contributed by atoms with E-state index in [4.69, 9.17) is 27.9 Å². The number of hydrogen-bond donors (Lipinski definition) is 0. The molecule has 0 aromatic heterocycles. The van der Waals surface area contributed by atoms with Gasteiger partial charge in [0.2, 0.25) is 0 Å². The molecule has 0 N–H and O–H groups in total. The largest absolute Gasteiger partial charge is 0.573 e. The van der Waals surface area contributed by atoms with E-state index in [1.165, 1.54) is 30.2 Å². The highest BCUT2D eigenvalue weighted by atomic mass is 35.5. The Kier molecular flexibility index (Phi) is 6.90. The van der Waals surface area contributed by atoms with Gasteiger partial charge in [-0.2, -0.15) is 0 Å². The van der Waals surface area contributed by atoms with E-state index in [0.29, 0.717) is 27.0 Å². The number of anilines is 2. The quantitative estimate of drug-likeness (QED) is 0.335. The normalized spacial score (nSPS) is 20.4. The average molecular weight is 525 g/mol. The monoisotopic (exact) mass is 524 g/mol. The Morgan fingerprint density at radius 3 is 2.06 bits per heavy atom. The number of carbonyl (C=O) groups is 1. The standard InChI is InChI=1S/C25H21Cl2F3N2O3/c1-24(15-34-2)22(16-4-3-5-21(14-16)35-25(28,29)30)31(19-10-6-17(26)7-11-19)23(33)32(24)20-12-8-18(27)9-13-20/h3-14,22H,15H2,1-2H3/t22-,24+/m0/s1. The van der Waals surface area contributed by atoms with Gasteiger partial charge in [0.25, 0.3) is 0 Å². The van der Waals surface area contributed by atoms with Crippen molar-refractivity contribution < 1.29 is 27.4 Å². The number of rotatable bonds is 6. The zero-order valence-electron chi connectivity index (χ0n) is 18.7. The number of urea groups is 1. The summed E-state index contributed by atoms with van der Waals surface area (Å²) in [7, 11) is 1.50. The molecule has 0 bridgehead atoms. The minimum Gasteiger partial charge on any atom is -0.406 e. The molecule has 184 valence electrons. The molecular weight excluding hydrogens is 504 g/mol. The molecule has 1 saturated heterocycles. The van der Waals surface area contributed by atoms with Crippen LogP contribution in [0.25, 0.3) is 0 Å². The Labute approximate surface area is 210 Å². The lowest BCUT2D eigenvalue weighted by atomic mass is 9.86. The van der Waals surface area contributed by atoms with E-state index >= 15 is 0 Å². The van der Waals surface area contributed by atoms with Crippen LogP contribution in [0.4, 0.5) is 29.3 Å². The molecule has 0 saturated carbocycles. The van der Waals surface area contributed by atoms with Crippen molar-refractivity contribution in [3.05, 3.63) is 88.4 Å². The predicted molar refractivity (Wildman–Crippen MR) is 129 cm³/mol. The molecule has 5 nitrogen and oxygen atoms in total. The van der Waals surface area contributed by atoms with Gasteiger partial charge in [-0.1, -0.05) is 35.3 Å². The first-order valence-corrected chi connectivity index (χ1v) is 11.3. The molecule has 35 heavy (non-hydrogen) atoms. The van der Waals surface area contributed by atoms with Crippen LogP contribution in [-0.2, 0) is 4.74 Å². The highest BCUT2D eigenvalue weighted by Crippen LogP contribution is 2.48. The van der Waals surface area contributed by atoms with Crippen LogP contribution >= 0.6 is 23.2 Å². The van der Waals surface area contributed by atoms with Gasteiger partial charge in [0, 0.05) is 28.5 Å². The van der Waals surface area contributed by atoms with Gasteiger partial charge < -0.3 is 9.47 Å². The summed E-state index contributed by atoms with van der Waals surface area (Å²) in [4.78, 5) is 17.1. The molecule has 3 aromatic rings. The molecule has 2 amide bonds. The summed E-state index contributed by atoms with van der Waals surface area (Å²) < 4.78 is 48.5. The smallest absolute Gasteiger partial charge is 0.406 e. The van der Waals surface area contributed by atoms with Crippen LogP contribution in [0.5, 0.6) is 5.75 Å². The summed E-state index contributed by atoms with van der Waals surface area (Å²) in [6.45, 7) is 1.90. The lowest BCUT2D eigenvalue weighted by molar-refractivity contribution is -0.274. The zero-order valence-corrected chi connectivity index (χ0v) is 20.2. The third-order valence-electron chi connectivity index (χ3n) is 5.79. The molecule has 1 heterocycles. The first kappa shape index (κ1) is 25.2. The molecule has 1 fully saturated rings. The van der Waals surface area contributed by atoms with Gasteiger partial charge in [-0.05, 0) is 73.2 Å². The fourth-order valence-corrected chi connectivity index (χ4v) is 4.77. The summed E-state index contributed by atoms with van der Waals surface area (Å²) in [6.07, 6.45) is -4.86. The van der Waals surface area contributed by atoms with Crippen molar-refractivity contribution in [1.29, 1.82) is 0 Å².